The van der Waals surface area contributed by atoms with Crippen molar-refractivity contribution in [1.29, 1.82) is 0 Å². The van der Waals surface area contributed by atoms with Crippen molar-refractivity contribution in [1.82, 2.24) is 0 Å². The molecule has 1 atom stereocenters. The summed E-state index contributed by atoms with van der Waals surface area (Å²) in [6, 6.07) is 2.00. The van der Waals surface area contributed by atoms with E-state index in [2.05, 4.69) is 0 Å². The van der Waals surface area contributed by atoms with Crippen molar-refractivity contribution in [3.05, 3.63) is 35.1 Å². The molecule has 3 nitrogen and oxygen atoms in total. The van der Waals surface area contributed by atoms with Crippen LogP contribution >= 0.6 is 0 Å². The lowest BCUT2D eigenvalue weighted by molar-refractivity contribution is -0.139. The smallest absolute Gasteiger partial charge is 0.388 e. The molecule has 0 aromatic heterocycles. The Morgan fingerprint density at radius 3 is 2.40 bits per heavy atom. The Kier molecular flexibility index (Phi) is 5.15. The predicted octanol–water partition coefficient (Wildman–Crippen LogP) is 2.70. The summed E-state index contributed by atoms with van der Waals surface area (Å²) in [4.78, 5) is 0. The van der Waals surface area contributed by atoms with E-state index in [0.717, 1.165) is 18.4 Å². The highest BCUT2D eigenvalue weighted by Crippen LogP contribution is 2.36. The minimum absolute atomic E-state index is 0.0225. The van der Waals surface area contributed by atoms with Crippen molar-refractivity contribution in [2.75, 3.05) is 12.0 Å². The van der Waals surface area contributed by atoms with Crippen LogP contribution in [0.15, 0.2) is 18.2 Å². The van der Waals surface area contributed by atoms with Crippen LogP contribution in [0.25, 0.3) is 0 Å². The molecular formula is C12H14F4O3S. The molecule has 1 aromatic carbocycles. The van der Waals surface area contributed by atoms with Gasteiger partial charge in [-0.2, -0.15) is 13.2 Å². The van der Waals surface area contributed by atoms with Crippen molar-refractivity contribution in [2.24, 2.45) is 0 Å². The van der Waals surface area contributed by atoms with E-state index in [0.29, 0.717) is 6.07 Å². The van der Waals surface area contributed by atoms with Crippen molar-refractivity contribution in [3.8, 4) is 0 Å². The van der Waals surface area contributed by atoms with Crippen molar-refractivity contribution < 1.29 is 31.1 Å². The number of rotatable bonds is 5. The van der Waals surface area contributed by atoms with Gasteiger partial charge in [0.1, 0.15) is 15.7 Å². The largest absolute Gasteiger partial charge is 0.416 e. The molecule has 0 radical (unpaired) electrons. The standard InChI is InChI=1S/C12H14F4O3S/c1-20(18,19)6-2-3-11(17)9-5-4-8(13)7-10(9)12(14,15)16/h4-5,7,11,17H,2-3,6H2,1H3. The van der Waals surface area contributed by atoms with Gasteiger partial charge in [-0.3, -0.25) is 0 Å². The van der Waals surface area contributed by atoms with Crippen LogP contribution in [-0.2, 0) is 16.0 Å². The van der Waals surface area contributed by atoms with Gasteiger partial charge in [0.25, 0.3) is 0 Å². The highest BCUT2D eigenvalue weighted by Gasteiger charge is 2.35. The molecule has 0 aliphatic heterocycles. The third kappa shape index (κ3) is 5.09. The number of alkyl halides is 3. The van der Waals surface area contributed by atoms with Crippen LogP contribution in [-0.4, -0.2) is 25.5 Å². The van der Waals surface area contributed by atoms with E-state index in [1.807, 2.05) is 0 Å². The third-order valence-corrected chi connectivity index (χ3v) is 3.70. The Bertz CT molecular complexity index is 567. The van der Waals surface area contributed by atoms with Gasteiger partial charge in [0.05, 0.1) is 11.7 Å². The molecule has 1 unspecified atom stereocenters. The third-order valence-electron chi connectivity index (χ3n) is 2.67. The lowest BCUT2D eigenvalue weighted by atomic mass is 9.99. The second-order valence-corrected chi connectivity index (χ2v) is 6.78. The van der Waals surface area contributed by atoms with Crippen molar-refractivity contribution in [3.63, 3.8) is 0 Å². The normalized spacial score (nSPS) is 14.3. The molecular weight excluding hydrogens is 300 g/mol. The number of sulfone groups is 1. The van der Waals surface area contributed by atoms with Crippen LogP contribution in [0.1, 0.15) is 30.1 Å². The molecule has 114 valence electrons. The van der Waals surface area contributed by atoms with Gasteiger partial charge in [-0.15, -0.1) is 0 Å². The fourth-order valence-corrected chi connectivity index (χ4v) is 2.45. The van der Waals surface area contributed by atoms with Crippen LogP contribution in [0.4, 0.5) is 17.6 Å². The summed E-state index contributed by atoms with van der Waals surface area (Å²) in [6.07, 6.45) is -5.40. The molecule has 0 saturated heterocycles. The molecule has 20 heavy (non-hydrogen) atoms. The summed E-state index contributed by atoms with van der Waals surface area (Å²) in [5.74, 6) is -1.28. The van der Waals surface area contributed by atoms with E-state index >= 15 is 0 Å². The summed E-state index contributed by atoms with van der Waals surface area (Å²) in [7, 11) is -3.24. The topological polar surface area (TPSA) is 54.4 Å². The Balaban J connectivity index is 2.90. The summed E-state index contributed by atoms with van der Waals surface area (Å²) in [6.45, 7) is 0. The first-order valence-corrected chi connectivity index (χ1v) is 7.79. The zero-order chi connectivity index (χ0) is 15.6. The van der Waals surface area contributed by atoms with Gasteiger partial charge < -0.3 is 5.11 Å². The number of halogens is 4. The number of benzene rings is 1. The number of hydrogen-bond acceptors (Lipinski definition) is 3. The molecule has 0 aliphatic rings. The fourth-order valence-electron chi connectivity index (χ4n) is 1.76. The van der Waals surface area contributed by atoms with Crippen molar-refractivity contribution >= 4 is 9.84 Å². The Hall–Kier alpha value is -1.15. The Morgan fingerprint density at radius 1 is 1.30 bits per heavy atom. The summed E-state index contributed by atoms with van der Waals surface area (Å²) < 4.78 is 72.9. The first kappa shape index (κ1) is 16.9. The van der Waals surface area contributed by atoms with E-state index in [-0.39, 0.29) is 18.6 Å². The maximum Gasteiger partial charge on any atom is 0.416 e. The molecule has 0 spiro atoms. The van der Waals surface area contributed by atoms with Crippen LogP contribution in [0.2, 0.25) is 0 Å². The summed E-state index contributed by atoms with van der Waals surface area (Å²) >= 11 is 0. The highest BCUT2D eigenvalue weighted by molar-refractivity contribution is 7.90. The number of aliphatic hydroxyl groups is 1. The van der Waals surface area contributed by atoms with Gasteiger partial charge in [-0.1, -0.05) is 6.07 Å². The number of hydrogen-bond donors (Lipinski definition) is 1. The molecule has 0 fully saturated rings. The van der Waals surface area contributed by atoms with Gasteiger partial charge in [0.15, 0.2) is 0 Å². The molecule has 8 heteroatoms. The first-order chi connectivity index (χ1) is 9.00. The van der Waals surface area contributed by atoms with E-state index < -0.39 is 39.1 Å². The Labute approximate surface area is 114 Å². The quantitative estimate of drug-likeness (QED) is 0.850. The molecule has 0 saturated carbocycles. The fraction of sp³-hybridized carbons (Fsp3) is 0.500. The SMILES string of the molecule is CS(=O)(=O)CCCC(O)c1ccc(F)cc1C(F)(F)F. The summed E-state index contributed by atoms with van der Waals surface area (Å²) in [5.41, 5.74) is -1.70. The molecule has 0 bridgehead atoms. The van der Waals surface area contributed by atoms with Crippen LogP contribution in [0.3, 0.4) is 0 Å². The average molecular weight is 314 g/mol. The summed E-state index contributed by atoms with van der Waals surface area (Å²) in [5, 5.41) is 9.74. The molecule has 0 amide bonds. The zero-order valence-corrected chi connectivity index (χ0v) is 11.4. The van der Waals surface area contributed by atoms with Crippen LogP contribution in [0.5, 0.6) is 0 Å². The second kappa shape index (κ2) is 6.09. The van der Waals surface area contributed by atoms with E-state index in [9.17, 15) is 31.1 Å². The second-order valence-electron chi connectivity index (χ2n) is 4.52. The minimum Gasteiger partial charge on any atom is -0.388 e. The Morgan fingerprint density at radius 2 is 1.90 bits per heavy atom. The molecule has 1 aromatic rings. The molecule has 0 aliphatic carbocycles. The maximum absolute atomic E-state index is 12.9. The highest BCUT2D eigenvalue weighted by atomic mass is 32.2. The van der Waals surface area contributed by atoms with Gasteiger partial charge in [-0.25, -0.2) is 12.8 Å². The lowest BCUT2D eigenvalue weighted by Crippen LogP contribution is -2.13. The van der Waals surface area contributed by atoms with Gasteiger partial charge in [0, 0.05) is 12.0 Å². The van der Waals surface area contributed by atoms with E-state index in [1.54, 1.807) is 0 Å². The first-order valence-electron chi connectivity index (χ1n) is 5.73. The van der Waals surface area contributed by atoms with Crippen LogP contribution < -0.4 is 0 Å². The zero-order valence-electron chi connectivity index (χ0n) is 10.6. The molecule has 0 heterocycles. The molecule has 1 rings (SSSR count). The van der Waals surface area contributed by atoms with Gasteiger partial charge >= 0.3 is 6.18 Å². The van der Waals surface area contributed by atoms with E-state index in [4.69, 9.17) is 0 Å². The maximum atomic E-state index is 12.9. The number of aliphatic hydroxyl groups excluding tert-OH is 1. The van der Waals surface area contributed by atoms with Crippen LogP contribution in [0, 0.1) is 5.82 Å². The van der Waals surface area contributed by atoms with E-state index in [1.165, 1.54) is 0 Å². The van der Waals surface area contributed by atoms with Gasteiger partial charge in [-0.05, 0) is 30.5 Å². The molecule has 1 N–H and O–H groups in total. The lowest BCUT2D eigenvalue weighted by Gasteiger charge is -2.17. The van der Waals surface area contributed by atoms with Gasteiger partial charge in [0.2, 0.25) is 0 Å². The monoisotopic (exact) mass is 314 g/mol. The minimum atomic E-state index is -4.78. The average Bonchev–Trinajstić information content (AvgIpc) is 2.25. The van der Waals surface area contributed by atoms with Crippen molar-refractivity contribution in [2.45, 2.75) is 25.1 Å². The predicted molar refractivity (Wildman–Crippen MR) is 65.3 cm³/mol.